The Labute approximate surface area is 208 Å². The molecule has 0 spiro atoms. The van der Waals surface area contributed by atoms with E-state index in [1.165, 1.54) is 23.8 Å². The Balaban J connectivity index is 1.50. The van der Waals surface area contributed by atoms with Gasteiger partial charge in [0.25, 0.3) is 11.8 Å². The highest BCUT2D eigenvalue weighted by Crippen LogP contribution is 2.40. The van der Waals surface area contributed by atoms with Gasteiger partial charge in [0.2, 0.25) is 0 Å². The lowest BCUT2D eigenvalue weighted by molar-refractivity contribution is -0.689. The lowest BCUT2D eigenvalue weighted by Gasteiger charge is -2.49. The monoisotopic (exact) mass is 519 g/mol. The second-order valence-corrected chi connectivity index (χ2v) is 9.66. The van der Waals surface area contributed by atoms with Crippen molar-refractivity contribution >= 4 is 51.7 Å². The first-order valence-electron chi connectivity index (χ1n) is 10.5. The summed E-state index contributed by atoms with van der Waals surface area (Å²) in [6.07, 6.45) is 4.14. The summed E-state index contributed by atoms with van der Waals surface area (Å²) >= 11 is 2.50. The second kappa shape index (κ2) is 10.4. The van der Waals surface area contributed by atoms with Crippen LogP contribution in [0.3, 0.4) is 0 Å². The number of hydrogen-bond donors (Lipinski definition) is 4. The van der Waals surface area contributed by atoms with Gasteiger partial charge in [-0.15, -0.1) is 23.1 Å². The molecule has 5 N–H and O–H groups in total. The number of carbonyl (C=O) groups is 3. The number of carboxylic acids is 1. The van der Waals surface area contributed by atoms with Crippen molar-refractivity contribution in [2.45, 2.75) is 24.4 Å². The Bertz CT molecular complexity index is 1210. The molecule has 2 amide bonds. The predicted octanol–water partition coefficient (Wildman–Crippen LogP) is -0.663. The Morgan fingerprint density at radius 2 is 2.14 bits per heavy atom. The van der Waals surface area contributed by atoms with E-state index in [1.54, 1.807) is 17.8 Å². The highest BCUT2D eigenvalue weighted by Gasteiger charge is 2.54. The van der Waals surface area contributed by atoms with Crippen LogP contribution >= 0.6 is 23.1 Å². The smallest absolute Gasteiger partial charge is 0.352 e. The Hall–Kier alpha value is -3.49. The fourth-order valence-corrected chi connectivity index (χ4v) is 5.70. The van der Waals surface area contributed by atoms with Gasteiger partial charge in [0.05, 0.1) is 0 Å². The van der Waals surface area contributed by atoms with Crippen molar-refractivity contribution in [3.8, 4) is 0 Å². The number of thiazole rings is 1. The van der Waals surface area contributed by atoms with Gasteiger partial charge >= 0.3 is 5.97 Å². The van der Waals surface area contributed by atoms with Crippen LogP contribution in [0.2, 0.25) is 0 Å². The molecule has 0 aliphatic carbocycles. The van der Waals surface area contributed by atoms with E-state index in [-0.39, 0.29) is 35.4 Å². The van der Waals surface area contributed by atoms with Crippen LogP contribution in [-0.2, 0) is 32.2 Å². The van der Waals surface area contributed by atoms with Gasteiger partial charge in [0.1, 0.15) is 29.9 Å². The standard InChI is InChI=1S/C21H22N6O6S2/c1-33-25-14(13-10-35-21(22)23-13)17(29)24-15-18(30)27-16(20(31)32)12(9-34-19(15)27)8-26-5-2-11(3-6-26)4-7-28/h2-3,5-6,10,15,19,28H,4,7-9H2,1H3,(H3-,22,23,24,29,31,32)/p+1/b25-14-/t15-,19-/m1/s1. The third kappa shape index (κ3) is 4.99. The number of oxime groups is 1. The Morgan fingerprint density at radius 1 is 1.40 bits per heavy atom. The summed E-state index contributed by atoms with van der Waals surface area (Å²) in [5, 5.41) is 26.5. The molecule has 184 valence electrons. The zero-order valence-corrected chi connectivity index (χ0v) is 20.2. The molecule has 0 radical (unpaired) electrons. The maximum Gasteiger partial charge on any atom is 0.352 e. The molecule has 0 saturated carbocycles. The van der Waals surface area contributed by atoms with Crippen molar-refractivity contribution in [3.05, 3.63) is 52.4 Å². The van der Waals surface area contributed by atoms with Crippen LogP contribution < -0.4 is 15.6 Å². The molecule has 35 heavy (non-hydrogen) atoms. The van der Waals surface area contributed by atoms with E-state index in [2.05, 4.69) is 15.5 Å². The Morgan fingerprint density at radius 3 is 2.74 bits per heavy atom. The number of fused-ring (bicyclic) bond motifs is 1. The second-order valence-electron chi connectivity index (χ2n) is 7.66. The number of nitrogens with one attached hydrogen (secondary N) is 1. The number of anilines is 1. The molecule has 0 bridgehead atoms. The minimum Gasteiger partial charge on any atom is -0.477 e. The number of thioether (sulfide) groups is 1. The van der Waals surface area contributed by atoms with E-state index in [0.29, 0.717) is 17.7 Å². The number of rotatable bonds is 9. The molecule has 14 heteroatoms. The van der Waals surface area contributed by atoms with Crippen molar-refractivity contribution in [3.63, 3.8) is 0 Å². The number of hydrogen-bond acceptors (Lipinski definition) is 10. The van der Waals surface area contributed by atoms with Crippen LogP contribution in [0.15, 0.2) is 46.3 Å². The van der Waals surface area contributed by atoms with E-state index in [0.717, 1.165) is 16.9 Å². The van der Waals surface area contributed by atoms with Crippen molar-refractivity contribution < 1.29 is 34.0 Å². The van der Waals surface area contributed by atoms with Crippen molar-refractivity contribution in [1.29, 1.82) is 0 Å². The van der Waals surface area contributed by atoms with E-state index < -0.39 is 29.2 Å². The van der Waals surface area contributed by atoms with Crippen LogP contribution in [0.5, 0.6) is 0 Å². The molecule has 1 saturated heterocycles. The fraction of sp³-hybridized carbons (Fsp3) is 0.333. The van der Waals surface area contributed by atoms with Crippen molar-refractivity contribution in [2.75, 3.05) is 25.2 Å². The summed E-state index contributed by atoms with van der Waals surface area (Å²) < 4.78 is 1.82. The molecule has 2 aliphatic heterocycles. The highest BCUT2D eigenvalue weighted by atomic mass is 32.2. The zero-order valence-electron chi connectivity index (χ0n) is 18.6. The number of carboxylic acid groups (broad SMARTS) is 1. The number of aliphatic hydroxyl groups is 1. The number of aliphatic hydroxyl groups excluding tert-OH is 1. The summed E-state index contributed by atoms with van der Waals surface area (Å²) in [4.78, 5) is 47.9. The lowest BCUT2D eigenvalue weighted by Crippen LogP contribution is -2.71. The van der Waals surface area contributed by atoms with Crippen LogP contribution in [0.25, 0.3) is 0 Å². The number of aliphatic carboxylic acids is 1. The average Bonchev–Trinajstić information content (AvgIpc) is 3.27. The molecule has 2 aliphatic rings. The maximum atomic E-state index is 12.9. The number of amides is 2. The van der Waals surface area contributed by atoms with Gasteiger partial charge in [-0.25, -0.2) is 14.3 Å². The zero-order chi connectivity index (χ0) is 25.1. The number of nitrogens with zero attached hydrogens (tertiary/aromatic N) is 4. The largest absolute Gasteiger partial charge is 0.477 e. The number of β-lactam (4-membered cyclic amide) rings is 1. The lowest BCUT2D eigenvalue weighted by atomic mass is 10.0. The van der Waals surface area contributed by atoms with Gasteiger partial charge in [-0.2, -0.15) is 0 Å². The number of pyridine rings is 1. The minimum absolute atomic E-state index is 0.0434. The molecule has 0 unspecified atom stereocenters. The van der Waals surface area contributed by atoms with Gasteiger partial charge in [-0.3, -0.25) is 14.5 Å². The molecule has 12 nitrogen and oxygen atoms in total. The van der Waals surface area contributed by atoms with E-state index in [9.17, 15) is 19.5 Å². The minimum atomic E-state index is -1.21. The summed E-state index contributed by atoms with van der Waals surface area (Å²) in [7, 11) is 1.28. The van der Waals surface area contributed by atoms with E-state index in [4.69, 9.17) is 15.7 Å². The van der Waals surface area contributed by atoms with Crippen LogP contribution in [0, 0.1) is 0 Å². The summed E-state index contributed by atoms with van der Waals surface area (Å²) in [5.74, 6) is -2.04. The first kappa shape index (κ1) is 24.6. The average molecular weight is 520 g/mol. The summed E-state index contributed by atoms with van der Waals surface area (Å²) in [6.45, 7) is 0.333. The maximum absolute atomic E-state index is 12.9. The van der Waals surface area contributed by atoms with E-state index >= 15 is 0 Å². The Kier molecular flexibility index (Phi) is 7.33. The van der Waals surface area contributed by atoms with Crippen LogP contribution in [0.4, 0.5) is 5.13 Å². The van der Waals surface area contributed by atoms with Gasteiger partial charge in [-0.05, 0) is 12.0 Å². The van der Waals surface area contributed by atoms with Crippen LogP contribution in [-0.4, -0.2) is 74.5 Å². The first-order valence-corrected chi connectivity index (χ1v) is 12.4. The highest BCUT2D eigenvalue weighted by molar-refractivity contribution is 8.00. The van der Waals surface area contributed by atoms with Gasteiger partial charge in [-0.1, -0.05) is 5.16 Å². The van der Waals surface area contributed by atoms with Gasteiger partial charge in [0.15, 0.2) is 29.8 Å². The molecule has 1 fully saturated rings. The summed E-state index contributed by atoms with van der Waals surface area (Å²) in [5.41, 5.74) is 7.18. The van der Waals surface area contributed by atoms with Crippen molar-refractivity contribution in [1.82, 2.24) is 15.2 Å². The number of nitrogen functional groups attached to an aromatic ring is 1. The molecule has 4 rings (SSSR count). The fourth-order valence-electron chi connectivity index (χ4n) is 3.82. The molecule has 0 aromatic carbocycles. The van der Waals surface area contributed by atoms with Gasteiger partial charge < -0.3 is 26.1 Å². The molecular formula is C21H23N6O6S2+. The molecular weight excluding hydrogens is 496 g/mol. The SMILES string of the molecule is CO/N=C(\C(=O)N[C@@H]1C(=O)N2C(C(=O)O)=C(C[n+]3ccc(CCO)cc3)CS[C@H]12)c1csc(N)n1. The number of carbonyl (C=O) groups excluding carboxylic acids is 2. The van der Waals surface area contributed by atoms with E-state index in [1.807, 2.05) is 16.7 Å². The molecule has 2 atom stereocenters. The quantitative estimate of drug-likeness (QED) is 0.145. The topological polar surface area (TPSA) is 171 Å². The molecule has 2 aromatic rings. The van der Waals surface area contributed by atoms with Crippen molar-refractivity contribution in [2.24, 2.45) is 5.16 Å². The van der Waals surface area contributed by atoms with Gasteiger partial charge in [0, 0.05) is 35.4 Å². The third-order valence-corrected chi connectivity index (χ3v) is 7.45. The predicted molar refractivity (Wildman–Crippen MR) is 127 cm³/mol. The normalized spacial score (nSPS) is 19.8. The third-order valence-electron chi connectivity index (χ3n) is 5.43. The number of aromatic nitrogens is 2. The molecule has 4 heterocycles. The number of nitrogens with two attached hydrogens (primary N) is 1. The van der Waals surface area contributed by atoms with Crippen LogP contribution in [0.1, 0.15) is 11.3 Å². The molecule has 2 aromatic heterocycles. The first-order chi connectivity index (χ1) is 16.8. The summed E-state index contributed by atoms with van der Waals surface area (Å²) in [6, 6.07) is 2.78.